The van der Waals surface area contributed by atoms with Crippen LogP contribution in [0.5, 0.6) is 0 Å². The maximum atomic E-state index is 13.0. The van der Waals surface area contributed by atoms with Gasteiger partial charge in [-0.3, -0.25) is 4.99 Å². The third kappa shape index (κ3) is 5.82. The zero-order valence-electron chi connectivity index (χ0n) is 16.1. The number of nitrogens with one attached hydrogen (secondary N) is 2. The van der Waals surface area contributed by atoms with Crippen molar-refractivity contribution in [2.24, 2.45) is 4.99 Å². The quantitative estimate of drug-likeness (QED) is 0.352. The van der Waals surface area contributed by atoms with E-state index in [9.17, 15) is 17.6 Å². The molecule has 0 aliphatic rings. The normalized spacial score (nSPS) is 12.1. The lowest BCUT2D eigenvalue weighted by Gasteiger charge is -2.12. The smallest absolute Gasteiger partial charge is 0.416 e. The lowest BCUT2D eigenvalue weighted by molar-refractivity contribution is -0.137. The standard InChI is InChI=1S/C21H20F4N4O/c1-26-20(28-12-14-2-6-16(7-3-14)21(23,24)25)27-11-10-18-13-30-19(29-18)15-4-8-17(22)9-5-15/h2-9,13H,10-12H2,1H3,(H2,26,27,28). The van der Waals surface area contributed by atoms with Crippen molar-refractivity contribution < 1.29 is 22.0 Å². The number of hydrogen-bond donors (Lipinski definition) is 2. The van der Waals surface area contributed by atoms with E-state index in [0.717, 1.165) is 17.8 Å². The molecule has 1 heterocycles. The minimum atomic E-state index is -4.35. The molecule has 158 valence electrons. The zero-order valence-corrected chi connectivity index (χ0v) is 16.1. The number of rotatable bonds is 6. The Morgan fingerprint density at radius 1 is 1.03 bits per heavy atom. The van der Waals surface area contributed by atoms with Crippen LogP contribution < -0.4 is 10.6 Å². The molecule has 0 saturated carbocycles. The Labute approximate surface area is 170 Å². The lowest BCUT2D eigenvalue weighted by Crippen LogP contribution is -2.37. The predicted molar refractivity (Wildman–Crippen MR) is 105 cm³/mol. The van der Waals surface area contributed by atoms with Gasteiger partial charge in [0.25, 0.3) is 0 Å². The summed E-state index contributed by atoms with van der Waals surface area (Å²) >= 11 is 0. The van der Waals surface area contributed by atoms with Crippen LogP contribution in [0, 0.1) is 5.82 Å². The summed E-state index contributed by atoms with van der Waals surface area (Å²) in [6.45, 7) is 0.846. The minimum absolute atomic E-state index is 0.329. The van der Waals surface area contributed by atoms with E-state index in [-0.39, 0.29) is 5.82 Å². The molecule has 30 heavy (non-hydrogen) atoms. The van der Waals surface area contributed by atoms with Crippen molar-refractivity contribution in [3.63, 3.8) is 0 Å². The van der Waals surface area contributed by atoms with Gasteiger partial charge in [0.2, 0.25) is 5.89 Å². The van der Waals surface area contributed by atoms with Crippen LogP contribution in [0.2, 0.25) is 0 Å². The van der Waals surface area contributed by atoms with E-state index in [1.54, 1.807) is 25.4 Å². The second-order valence-corrected chi connectivity index (χ2v) is 6.45. The first-order valence-corrected chi connectivity index (χ1v) is 9.16. The summed E-state index contributed by atoms with van der Waals surface area (Å²) in [4.78, 5) is 8.46. The monoisotopic (exact) mass is 420 g/mol. The Balaban J connectivity index is 1.46. The van der Waals surface area contributed by atoms with Crippen LogP contribution in [0.1, 0.15) is 16.8 Å². The van der Waals surface area contributed by atoms with E-state index >= 15 is 0 Å². The molecular formula is C21H20F4N4O. The molecule has 0 saturated heterocycles. The molecule has 0 spiro atoms. The van der Waals surface area contributed by atoms with Crippen molar-refractivity contribution in [3.05, 3.63) is 77.4 Å². The Bertz CT molecular complexity index is 979. The van der Waals surface area contributed by atoms with Crippen LogP contribution in [0.15, 0.2) is 64.2 Å². The molecule has 0 aliphatic heterocycles. The van der Waals surface area contributed by atoms with Crippen molar-refractivity contribution in [2.45, 2.75) is 19.1 Å². The van der Waals surface area contributed by atoms with Gasteiger partial charge < -0.3 is 15.1 Å². The van der Waals surface area contributed by atoms with Gasteiger partial charge in [-0.1, -0.05) is 12.1 Å². The van der Waals surface area contributed by atoms with Gasteiger partial charge in [-0.15, -0.1) is 0 Å². The Hall–Kier alpha value is -3.36. The maximum absolute atomic E-state index is 13.0. The largest absolute Gasteiger partial charge is 0.444 e. The first kappa shape index (κ1) is 21.4. The van der Waals surface area contributed by atoms with Crippen LogP contribution in [-0.4, -0.2) is 24.5 Å². The molecule has 0 fully saturated rings. The first-order chi connectivity index (χ1) is 14.3. The maximum Gasteiger partial charge on any atom is 0.416 e. The van der Waals surface area contributed by atoms with Gasteiger partial charge in [0.15, 0.2) is 5.96 Å². The highest BCUT2D eigenvalue weighted by Gasteiger charge is 2.29. The van der Waals surface area contributed by atoms with E-state index in [4.69, 9.17) is 4.42 Å². The molecule has 0 bridgehead atoms. The second kappa shape index (κ2) is 9.43. The van der Waals surface area contributed by atoms with Gasteiger partial charge in [0, 0.05) is 32.1 Å². The molecule has 9 heteroatoms. The molecule has 0 unspecified atom stereocenters. The topological polar surface area (TPSA) is 62.5 Å². The van der Waals surface area contributed by atoms with Crippen LogP contribution in [0.25, 0.3) is 11.5 Å². The Kier molecular flexibility index (Phi) is 6.71. The number of nitrogens with zero attached hydrogens (tertiary/aromatic N) is 2. The SMILES string of the molecule is CN=C(NCCc1coc(-c2ccc(F)cc2)n1)NCc1ccc(C(F)(F)F)cc1. The minimum Gasteiger partial charge on any atom is -0.444 e. The number of guanidine groups is 1. The number of aliphatic imine (C=N–C) groups is 1. The molecule has 0 amide bonds. The van der Waals surface area contributed by atoms with Crippen LogP contribution in [0.4, 0.5) is 17.6 Å². The van der Waals surface area contributed by atoms with Crippen LogP contribution in [-0.2, 0) is 19.1 Å². The number of aromatic nitrogens is 1. The fraction of sp³-hybridized carbons (Fsp3) is 0.238. The average molecular weight is 420 g/mol. The fourth-order valence-corrected chi connectivity index (χ4v) is 2.67. The van der Waals surface area contributed by atoms with E-state index in [2.05, 4.69) is 20.6 Å². The van der Waals surface area contributed by atoms with Crippen molar-refractivity contribution in [1.82, 2.24) is 15.6 Å². The van der Waals surface area contributed by atoms with Gasteiger partial charge in [-0.05, 0) is 42.0 Å². The van der Waals surface area contributed by atoms with Crippen molar-refractivity contribution >= 4 is 5.96 Å². The summed E-state index contributed by atoms with van der Waals surface area (Å²) in [5, 5.41) is 6.15. The molecule has 0 aliphatic carbocycles. The van der Waals surface area contributed by atoms with Gasteiger partial charge in [0.1, 0.15) is 12.1 Å². The third-order valence-electron chi connectivity index (χ3n) is 4.28. The number of benzene rings is 2. The van der Waals surface area contributed by atoms with Gasteiger partial charge >= 0.3 is 6.18 Å². The highest BCUT2D eigenvalue weighted by molar-refractivity contribution is 5.79. The van der Waals surface area contributed by atoms with E-state index in [1.807, 2.05) is 0 Å². The lowest BCUT2D eigenvalue weighted by atomic mass is 10.1. The zero-order chi connectivity index (χ0) is 21.6. The van der Waals surface area contributed by atoms with Crippen molar-refractivity contribution in [2.75, 3.05) is 13.6 Å². The number of halogens is 4. The van der Waals surface area contributed by atoms with Crippen molar-refractivity contribution in [1.29, 1.82) is 0 Å². The van der Waals surface area contributed by atoms with Gasteiger partial charge in [-0.25, -0.2) is 9.37 Å². The Morgan fingerprint density at radius 2 is 1.73 bits per heavy atom. The van der Waals surface area contributed by atoms with E-state index in [0.29, 0.717) is 42.5 Å². The summed E-state index contributed by atoms with van der Waals surface area (Å²) in [7, 11) is 1.60. The molecule has 0 atom stereocenters. The van der Waals surface area contributed by atoms with E-state index < -0.39 is 11.7 Å². The molecule has 3 aromatic rings. The fourth-order valence-electron chi connectivity index (χ4n) is 2.67. The van der Waals surface area contributed by atoms with Crippen molar-refractivity contribution in [3.8, 4) is 11.5 Å². The highest BCUT2D eigenvalue weighted by Crippen LogP contribution is 2.29. The number of oxazole rings is 1. The number of hydrogen-bond acceptors (Lipinski definition) is 3. The summed E-state index contributed by atoms with van der Waals surface area (Å²) < 4.78 is 56.3. The first-order valence-electron chi connectivity index (χ1n) is 9.16. The molecule has 1 aromatic heterocycles. The molecule has 5 nitrogen and oxygen atoms in total. The molecule has 2 N–H and O–H groups in total. The molecular weight excluding hydrogens is 400 g/mol. The highest BCUT2D eigenvalue weighted by atomic mass is 19.4. The molecule has 2 aromatic carbocycles. The Morgan fingerprint density at radius 3 is 2.37 bits per heavy atom. The van der Waals surface area contributed by atoms with Crippen LogP contribution >= 0.6 is 0 Å². The summed E-state index contributed by atoms with van der Waals surface area (Å²) in [5.74, 6) is 0.594. The predicted octanol–water partition coefficient (Wildman–Crippen LogP) is 4.41. The molecule has 3 rings (SSSR count). The number of alkyl halides is 3. The van der Waals surface area contributed by atoms with Crippen LogP contribution in [0.3, 0.4) is 0 Å². The summed E-state index contributed by atoms with van der Waals surface area (Å²) in [5.41, 5.74) is 1.43. The van der Waals surface area contributed by atoms with Gasteiger partial charge in [0.05, 0.1) is 11.3 Å². The summed E-state index contributed by atoms with van der Waals surface area (Å²) in [6, 6.07) is 10.8. The second-order valence-electron chi connectivity index (χ2n) is 6.45. The van der Waals surface area contributed by atoms with E-state index in [1.165, 1.54) is 24.3 Å². The summed E-state index contributed by atoms with van der Waals surface area (Å²) in [6.07, 6.45) is -2.24. The average Bonchev–Trinajstić information content (AvgIpc) is 3.19. The van der Waals surface area contributed by atoms with Gasteiger partial charge in [-0.2, -0.15) is 13.2 Å². The third-order valence-corrected chi connectivity index (χ3v) is 4.28. The molecule has 0 radical (unpaired) electrons.